The average molecular weight is 372 g/mol. The third kappa shape index (κ3) is 3.91. The number of nitrogens with zero attached hydrogens (tertiary/aromatic N) is 2. The topological polar surface area (TPSA) is 42.4 Å². The smallest absolute Gasteiger partial charge is 0.254 e. The van der Waals surface area contributed by atoms with E-state index < -0.39 is 0 Å². The van der Waals surface area contributed by atoms with Crippen molar-refractivity contribution >= 4 is 5.91 Å². The number of hydrogen-bond donors (Lipinski definition) is 0. The molecule has 0 saturated carbocycles. The predicted molar refractivity (Wildman–Crippen MR) is 109 cm³/mol. The zero-order valence-corrected chi connectivity index (χ0v) is 16.0. The minimum Gasteiger partial charge on any atom is -0.489 e. The van der Waals surface area contributed by atoms with Crippen LogP contribution in [0.2, 0.25) is 0 Å². The maximum atomic E-state index is 13.0. The fourth-order valence-electron chi connectivity index (χ4n) is 3.82. The van der Waals surface area contributed by atoms with E-state index in [0.717, 1.165) is 30.6 Å². The third-order valence-corrected chi connectivity index (χ3v) is 5.36. The van der Waals surface area contributed by atoms with Crippen LogP contribution in [0.1, 0.15) is 45.9 Å². The molecule has 0 spiro atoms. The molecule has 142 valence electrons. The van der Waals surface area contributed by atoms with Crippen molar-refractivity contribution in [3.8, 4) is 5.75 Å². The van der Waals surface area contributed by atoms with E-state index in [1.165, 1.54) is 11.1 Å². The van der Waals surface area contributed by atoms with Crippen LogP contribution in [0, 0.1) is 0 Å². The number of benzene rings is 2. The van der Waals surface area contributed by atoms with Crippen LogP contribution in [0.15, 0.2) is 73.1 Å². The van der Waals surface area contributed by atoms with Gasteiger partial charge in [0.05, 0.1) is 6.04 Å². The highest BCUT2D eigenvalue weighted by Crippen LogP contribution is 2.34. The number of carbonyl (C=O) groups is 1. The highest BCUT2D eigenvalue weighted by atomic mass is 16.5. The Kier molecular flexibility index (Phi) is 5.38. The van der Waals surface area contributed by atoms with E-state index in [-0.39, 0.29) is 11.9 Å². The Morgan fingerprint density at radius 1 is 1.11 bits per heavy atom. The molecule has 4 heteroatoms. The lowest BCUT2D eigenvalue weighted by molar-refractivity contribution is 0.0715. The van der Waals surface area contributed by atoms with E-state index in [1.807, 2.05) is 48.3 Å². The van der Waals surface area contributed by atoms with Crippen molar-refractivity contribution in [3.63, 3.8) is 0 Å². The predicted octanol–water partition coefficient (Wildman–Crippen LogP) is 4.81. The summed E-state index contributed by atoms with van der Waals surface area (Å²) in [5, 5.41) is 0. The molecule has 1 heterocycles. The quantitative estimate of drug-likeness (QED) is 0.645. The van der Waals surface area contributed by atoms with Crippen molar-refractivity contribution in [1.29, 1.82) is 0 Å². The van der Waals surface area contributed by atoms with E-state index in [1.54, 1.807) is 12.4 Å². The molecule has 0 saturated heterocycles. The van der Waals surface area contributed by atoms with Gasteiger partial charge in [-0.3, -0.25) is 9.78 Å². The number of rotatable bonds is 5. The molecule has 1 aromatic heterocycles. The third-order valence-electron chi connectivity index (χ3n) is 5.36. The molecule has 0 radical (unpaired) electrons. The van der Waals surface area contributed by atoms with E-state index in [2.05, 4.69) is 29.2 Å². The van der Waals surface area contributed by atoms with Crippen LogP contribution in [0.4, 0.5) is 0 Å². The summed E-state index contributed by atoms with van der Waals surface area (Å²) in [5.74, 6) is 0.784. The van der Waals surface area contributed by atoms with Crippen molar-refractivity contribution in [3.05, 3.63) is 95.3 Å². The van der Waals surface area contributed by atoms with E-state index in [4.69, 9.17) is 4.74 Å². The standard InChI is InChI=1S/C24H24N2O2/c1-26(23-10-4-8-19-7-2-3-9-22(19)23)24(27)20-11-13-21(14-12-20)28-17-18-6-5-15-25-16-18/h2-3,5-7,9,11-16,23H,4,8,10,17H2,1H3. The first-order chi connectivity index (χ1) is 13.7. The Bertz CT molecular complexity index is 938. The number of carbonyl (C=O) groups excluding carboxylic acids is 1. The first-order valence-corrected chi connectivity index (χ1v) is 9.69. The van der Waals surface area contributed by atoms with Gasteiger partial charge in [-0.25, -0.2) is 0 Å². The van der Waals surface area contributed by atoms with Gasteiger partial charge < -0.3 is 9.64 Å². The summed E-state index contributed by atoms with van der Waals surface area (Å²) in [6.07, 6.45) is 6.74. The lowest BCUT2D eigenvalue weighted by Crippen LogP contribution is -2.33. The maximum Gasteiger partial charge on any atom is 0.254 e. The van der Waals surface area contributed by atoms with Gasteiger partial charge in [-0.05, 0) is 60.7 Å². The second-order valence-corrected chi connectivity index (χ2v) is 7.20. The van der Waals surface area contributed by atoms with Crippen LogP contribution in [0.5, 0.6) is 5.75 Å². The first kappa shape index (κ1) is 18.2. The number of hydrogen-bond acceptors (Lipinski definition) is 3. The molecule has 4 nitrogen and oxygen atoms in total. The van der Waals surface area contributed by atoms with Crippen LogP contribution < -0.4 is 4.74 Å². The first-order valence-electron chi connectivity index (χ1n) is 9.69. The van der Waals surface area contributed by atoms with Crippen LogP contribution in [0.3, 0.4) is 0 Å². The number of aryl methyl sites for hydroxylation is 1. The monoisotopic (exact) mass is 372 g/mol. The van der Waals surface area contributed by atoms with Gasteiger partial charge in [0.2, 0.25) is 0 Å². The van der Waals surface area contributed by atoms with Crippen LogP contribution in [-0.4, -0.2) is 22.8 Å². The maximum absolute atomic E-state index is 13.0. The molecular formula is C24H24N2O2. The van der Waals surface area contributed by atoms with E-state index >= 15 is 0 Å². The number of amides is 1. The molecule has 1 atom stereocenters. The van der Waals surface area contributed by atoms with Gasteiger partial charge in [0, 0.05) is 30.6 Å². The minimum atomic E-state index is 0.0421. The molecule has 0 fully saturated rings. The molecule has 1 aliphatic rings. The minimum absolute atomic E-state index is 0.0421. The van der Waals surface area contributed by atoms with Crippen molar-refractivity contribution in [2.75, 3.05) is 7.05 Å². The Morgan fingerprint density at radius 2 is 1.93 bits per heavy atom. The Hall–Kier alpha value is -3.14. The summed E-state index contributed by atoms with van der Waals surface area (Å²) >= 11 is 0. The highest BCUT2D eigenvalue weighted by Gasteiger charge is 2.27. The van der Waals surface area contributed by atoms with Gasteiger partial charge in [0.15, 0.2) is 0 Å². The SMILES string of the molecule is CN(C(=O)c1ccc(OCc2cccnc2)cc1)C1CCCc2ccccc21. The highest BCUT2D eigenvalue weighted by molar-refractivity contribution is 5.94. The number of ether oxygens (including phenoxy) is 1. The molecule has 4 rings (SSSR count). The van der Waals surface area contributed by atoms with Crippen molar-refractivity contribution in [2.45, 2.75) is 31.9 Å². The summed E-state index contributed by atoms with van der Waals surface area (Å²) < 4.78 is 5.79. The molecule has 2 aromatic carbocycles. The molecule has 0 bridgehead atoms. The van der Waals surface area contributed by atoms with E-state index in [0.29, 0.717) is 12.2 Å². The Balaban J connectivity index is 1.43. The van der Waals surface area contributed by atoms with Crippen molar-refractivity contribution in [2.24, 2.45) is 0 Å². The molecule has 1 aliphatic carbocycles. The Morgan fingerprint density at radius 3 is 2.71 bits per heavy atom. The molecule has 28 heavy (non-hydrogen) atoms. The lowest BCUT2D eigenvalue weighted by Gasteiger charge is -2.33. The fraction of sp³-hybridized carbons (Fsp3) is 0.250. The molecule has 3 aromatic rings. The second kappa shape index (κ2) is 8.26. The number of aromatic nitrogens is 1. The summed E-state index contributed by atoms with van der Waals surface area (Å²) in [4.78, 5) is 19.0. The van der Waals surface area contributed by atoms with Crippen molar-refractivity contribution < 1.29 is 9.53 Å². The van der Waals surface area contributed by atoms with Crippen molar-refractivity contribution in [1.82, 2.24) is 9.88 Å². The summed E-state index contributed by atoms with van der Waals surface area (Å²) in [5.41, 5.74) is 4.33. The van der Waals surface area contributed by atoms with Gasteiger partial charge in [0.1, 0.15) is 12.4 Å². The molecule has 0 N–H and O–H groups in total. The largest absolute Gasteiger partial charge is 0.489 e. The molecule has 0 aliphatic heterocycles. The zero-order valence-electron chi connectivity index (χ0n) is 16.0. The van der Waals surface area contributed by atoms with Gasteiger partial charge in [-0.1, -0.05) is 30.3 Å². The van der Waals surface area contributed by atoms with E-state index in [9.17, 15) is 4.79 Å². The lowest BCUT2D eigenvalue weighted by atomic mass is 9.87. The molecule has 1 amide bonds. The Labute approximate surface area is 165 Å². The van der Waals surface area contributed by atoms with Gasteiger partial charge in [-0.15, -0.1) is 0 Å². The van der Waals surface area contributed by atoms with Gasteiger partial charge >= 0.3 is 0 Å². The summed E-state index contributed by atoms with van der Waals surface area (Å²) in [6, 6.07) is 19.8. The van der Waals surface area contributed by atoms with Crippen LogP contribution in [-0.2, 0) is 13.0 Å². The second-order valence-electron chi connectivity index (χ2n) is 7.20. The number of pyridine rings is 1. The average Bonchev–Trinajstić information content (AvgIpc) is 2.77. The number of fused-ring (bicyclic) bond motifs is 1. The van der Waals surface area contributed by atoms with Gasteiger partial charge in [0.25, 0.3) is 5.91 Å². The fourth-order valence-corrected chi connectivity index (χ4v) is 3.82. The van der Waals surface area contributed by atoms with Crippen LogP contribution >= 0.6 is 0 Å². The molecule has 1 unspecified atom stereocenters. The van der Waals surface area contributed by atoms with Gasteiger partial charge in [-0.2, -0.15) is 0 Å². The zero-order chi connectivity index (χ0) is 19.3. The summed E-state index contributed by atoms with van der Waals surface area (Å²) in [6.45, 7) is 0.458. The summed E-state index contributed by atoms with van der Waals surface area (Å²) in [7, 11) is 1.90. The molecular weight excluding hydrogens is 348 g/mol. The normalized spacial score (nSPS) is 15.5. The van der Waals surface area contributed by atoms with Crippen LogP contribution in [0.25, 0.3) is 0 Å².